The molecule has 7 heteroatoms. The number of carbonyl (C=O) groups is 2. The van der Waals surface area contributed by atoms with Crippen LogP contribution in [-0.2, 0) is 11.2 Å². The summed E-state index contributed by atoms with van der Waals surface area (Å²) in [6, 6.07) is 4.16. The van der Waals surface area contributed by atoms with Crippen molar-refractivity contribution in [3.63, 3.8) is 0 Å². The van der Waals surface area contributed by atoms with Crippen LogP contribution < -0.4 is 5.32 Å². The van der Waals surface area contributed by atoms with Gasteiger partial charge in [0.1, 0.15) is 10.7 Å². The third-order valence-electron chi connectivity index (χ3n) is 2.83. The molecule has 2 aromatic rings. The Morgan fingerprint density at radius 3 is 2.76 bits per heavy atom. The summed E-state index contributed by atoms with van der Waals surface area (Å²) in [6.45, 7) is 1.69. The Kier molecular flexibility index (Phi) is 4.59. The highest BCUT2D eigenvalue weighted by atomic mass is 35.5. The minimum atomic E-state index is -1.12. The van der Waals surface area contributed by atoms with E-state index in [1.54, 1.807) is 12.3 Å². The largest absolute Gasteiger partial charge is 0.477 e. The Labute approximate surface area is 129 Å². The summed E-state index contributed by atoms with van der Waals surface area (Å²) < 4.78 is 13.6. The second kappa shape index (κ2) is 6.24. The number of benzene rings is 1. The number of hydrogen-bond acceptors (Lipinski definition) is 3. The van der Waals surface area contributed by atoms with Crippen molar-refractivity contribution in [2.75, 3.05) is 5.32 Å². The van der Waals surface area contributed by atoms with Crippen molar-refractivity contribution in [1.29, 1.82) is 0 Å². The fourth-order valence-corrected chi connectivity index (χ4v) is 2.88. The van der Waals surface area contributed by atoms with Crippen molar-refractivity contribution in [2.45, 2.75) is 13.3 Å². The van der Waals surface area contributed by atoms with Crippen molar-refractivity contribution in [1.82, 2.24) is 0 Å². The first-order chi connectivity index (χ1) is 9.90. The first-order valence-corrected chi connectivity index (χ1v) is 7.20. The fraction of sp³-hybridized carbons (Fsp3) is 0.143. The fourth-order valence-electron chi connectivity index (χ4n) is 1.80. The lowest BCUT2D eigenvalue weighted by atomic mass is 10.1. The van der Waals surface area contributed by atoms with Crippen LogP contribution in [0.15, 0.2) is 23.6 Å². The molecule has 2 N–H and O–H groups in total. The highest BCUT2D eigenvalue weighted by molar-refractivity contribution is 7.12. The maximum atomic E-state index is 13.6. The van der Waals surface area contributed by atoms with Gasteiger partial charge in [-0.25, -0.2) is 9.18 Å². The molecule has 1 aromatic carbocycles. The molecular formula is C14H11ClFNO3S. The molecule has 0 atom stereocenters. The molecule has 0 saturated heterocycles. The highest BCUT2D eigenvalue weighted by Crippen LogP contribution is 2.28. The van der Waals surface area contributed by atoms with E-state index in [-0.39, 0.29) is 27.6 Å². The Hall–Kier alpha value is -1.92. The van der Waals surface area contributed by atoms with Gasteiger partial charge in [0, 0.05) is 10.6 Å². The zero-order valence-corrected chi connectivity index (χ0v) is 12.5. The SMILES string of the molecule is Cc1csc(C(=O)O)c1NC(=O)Cc1c(F)cccc1Cl. The third-order valence-corrected chi connectivity index (χ3v) is 4.27. The average molecular weight is 328 g/mol. The molecular weight excluding hydrogens is 317 g/mol. The molecule has 0 unspecified atom stereocenters. The lowest BCUT2D eigenvalue weighted by Gasteiger charge is -2.08. The quantitative estimate of drug-likeness (QED) is 0.899. The summed E-state index contributed by atoms with van der Waals surface area (Å²) in [5.74, 6) is -2.21. The molecule has 0 bridgehead atoms. The van der Waals surface area contributed by atoms with Gasteiger partial charge < -0.3 is 10.4 Å². The van der Waals surface area contributed by atoms with Gasteiger partial charge >= 0.3 is 5.97 Å². The summed E-state index contributed by atoms with van der Waals surface area (Å²) in [6.07, 6.45) is -0.264. The number of aryl methyl sites for hydroxylation is 1. The van der Waals surface area contributed by atoms with Gasteiger partial charge in [-0.1, -0.05) is 17.7 Å². The predicted octanol–water partition coefficient (Wildman–Crippen LogP) is 3.73. The molecule has 110 valence electrons. The molecule has 0 radical (unpaired) electrons. The van der Waals surface area contributed by atoms with Crippen LogP contribution in [0.5, 0.6) is 0 Å². The van der Waals surface area contributed by atoms with E-state index in [2.05, 4.69) is 5.32 Å². The molecule has 2 rings (SSSR count). The molecule has 21 heavy (non-hydrogen) atoms. The zero-order chi connectivity index (χ0) is 15.6. The minimum Gasteiger partial charge on any atom is -0.477 e. The van der Waals surface area contributed by atoms with E-state index < -0.39 is 17.7 Å². The van der Waals surface area contributed by atoms with Gasteiger partial charge in [-0.3, -0.25) is 4.79 Å². The number of amides is 1. The first kappa shape index (κ1) is 15.5. The number of thiophene rings is 1. The van der Waals surface area contributed by atoms with E-state index in [0.717, 1.165) is 11.3 Å². The number of nitrogens with one attached hydrogen (secondary N) is 1. The topological polar surface area (TPSA) is 66.4 Å². The van der Waals surface area contributed by atoms with Crippen LogP contribution in [0.25, 0.3) is 0 Å². The van der Waals surface area contributed by atoms with Gasteiger partial charge in [-0.2, -0.15) is 0 Å². The Morgan fingerprint density at radius 1 is 1.43 bits per heavy atom. The van der Waals surface area contributed by atoms with E-state index in [9.17, 15) is 14.0 Å². The van der Waals surface area contributed by atoms with Gasteiger partial charge in [-0.05, 0) is 30.0 Å². The maximum Gasteiger partial charge on any atom is 0.348 e. The Bertz CT molecular complexity index is 694. The second-order valence-electron chi connectivity index (χ2n) is 4.35. The van der Waals surface area contributed by atoms with E-state index in [4.69, 9.17) is 16.7 Å². The standard InChI is InChI=1S/C14H11ClFNO3S/c1-7-6-21-13(14(19)20)12(7)17-11(18)5-8-9(15)3-2-4-10(8)16/h2-4,6H,5H2,1H3,(H,17,18)(H,19,20). The number of rotatable bonds is 4. The highest BCUT2D eigenvalue weighted by Gasteiger charge is 2.18. The summed E-state index contributed by atoms with van der Waals surface area (Å²) in [7, 11) is 0. The van der Waals surface area contributed by atoms with Gasteiger partial charge in [0.05, 0.1) is 12.1 Å². The van der Waals surface area contributed by atoms with E-state index in [0.29, 0.717) is 5.56 Å². The van der Waals surface area contributed by atoms with Crippen LogP contribution in [0.1, 0.15) is 20.8 Å². The van der Waals surface area contributed by atoms with Crippen LogP contribution in [0.2, 0.25) is 5.02 Å². The Morgan fingerprint density at radius 2 is 2.14 bits per heavy atom. The molecule has 0 aliphatic rings. The molecule has 1 heterocycles. The van der Waals surface area contributed by atoms with Crippen LogP contribution >= 0.6 is 22.9 Å². The monoisotopic (exact) mass is 327 g/mol. The molecule has 0 spiro atoms. The number of anilines is 1. The third kappa shape index (κ3) is 3.40. The van der Waals surface area contributed by atoms with Crippen LogP contribution in [-0.4, -0.2) is 17.0 Å². The molecule has 0 aliphatic heterocycles. The average Bonchev–Trinajstić information content (AvgIpc) is 2.76. The minimum absolute atomic E-state index is 0.0421. The molecule has 0 saturated carbocycles. The molecule has 1 aromatic heterocycles. The van der Waals surface area contributed by atoms with E-state index in [1.165, 1.54) is 18.2 Å². The van der Waals surface area contributed by atoms with Crippen molar-refractivity contribution in [2.24, 2.45) is 0 Å². The lowest BCUT2D eigenvalue weighted by molar-refractivity contribution is -0.115. The Balaban J connectivity index is 2.20. The van der Waals surface area contributed by atoms with Gasteiger partial charge in [0.25, 0.3) is 0 Å². The van der Waals surface area contributed by atoms with Crippen LogP contribution in [0, 0.1) is 12.7 Å². The molecule has 4 nitrogen and oxygen atoms in total. The number of hydrogen-bond donors (Lipinski definition) is 2. The number of halogens is 2. The first-order valence-electron chi connectivity index (χ1n) is 5.94. The van der Waals surface area contributed by atoms with Crippen molar-refractivity contribution < 1.29 is 19.1 Å². The maximum absolute atomic E-state index is 13.6. The van der Waals surface area contributed by atoms with Crippen molar-refractivity contribution in [3.8, 4) is 0 Å². The van der Waals surface area contributed by atoms with Crippen LogP contribution in [0.3, 0.4) is 0 Å². The number of aromatic carboxylic acids is 1. The second-order valence-corrected chi connectivity index (χ2v) is 5.64. The number of carboxylic acid groups (broad SMARTS) is 1. The lowest BCUT2D eigenvalue weighted by Crippen LogP contribution is -2.17. The van der Waals surface area contributed by atoms with Crippen molar-refractivity contribution >= 4 is 40.5 Å². The predicted molar refractivity (Wildman–Crippen MR) is 79.8 cm³/mol. The molecule has 1 amide bonds. The van der Waals surface area contributed by atoms with Gasteiger partial charge in [-0.15, -0.1) is 11.3 Å². The molecule has 0 fully saturated rings. The molecule has 0 aliphatic carbocycles. The van der Waals surface area contributed by atoms with Crippen molar-refractivity contribution in [3.05, 3.63) is 50.4 Å². The summed E-state index contributed by atoms with van der Waals surface area (Å²) in [5.41, 5.74) is 0.969. The normalized spacial score (nSPS) is 10.4. The summed E-state index contributed by atoms with van der Waals surface area (Å²) >= 11 is 6.88. The van der Waals surface area contributed by atoms with Gasteiger partial charge in [0.2, 0.25) is 5.91 Å². The number of carboxylic acids is 1. The smallest absolute Gasteiger partial charge is 0.348 e. The van der Waals surface area contributed by atoms with E-state index >= 15 is 0 Å². The zero-order valence-electron chi connectivity index (χ0n) is 10.9. The van der Waals surface area contributed by atoms with E-state index in [1.807, 2.05) is 0 Å². The summed E-state index contributed by atoms with van der Waals surface area (Å²) in [5, 5.41) is 13.3. The van der Waals surface area contributed by atoms with Crippen LogP contribution in [0.4, 0.5) is 10.1 Å². The summed E-state index contributed by atoms with van der Waals surface area (Å²) in [4.78, 5) is 23.1. The van der Waals surface area contributed by atoms with Gasteiger partial charge in [0.15, 0.2) is 0 Å². The number of carbonyl (C=O) groups excluding carboxylic acids is 1.